The first-order valence-electron chi connectivity index (χ1n) is 9.58. The van der Waals surface area contributed by atoms with Crippen molar-refractivity contribution < 1.29 is 59.4 Å². The largest absolute Gasteiger partial charge is 0.449 e. The van der Waals surface area contributed by atoms with Crippen molar-refractivity contribution in [2.75, 3.05) is 19.8 Å². The van der Waals surface area contributed by atoms with Gasteiger partial charge in [0.25, 0.3) is 0 Å². The second-order valence-corrected chi connectivity index (χ2v) is 7.59. The summed E-state index contributed by atoms with van der Waals surface area (Å²) in [6, 6.07) is 0.560. The first-order valence-corrected chi connectivity index (χ1v) is 9.96. The van der Waals surface area contributed by atoms with Gasteiger partial charge in [0.15, 0.2) is 13.2 Å². The quantitative estimate of drug-likeness (QED) is 0.250. The van der Waals surface area contributed by atoms with E-state index >= 15 is 0 Å². The summed E-state index contributed by atoms with van der Waals surface area (Å²) in [5.41, 5.74) is 0.388. The summed E-state index contributed by atoms with van der Waals surface area (Å²) < 4.78 is 90.9. The van der Waals surface area contributed by atoms with Gasteiger partial charge in [0.1, 0.15) is 5.82 Å². The molecule has 0 saturated carbocycles. The van der Waals surface area contributed by atoms with E-state index < -0.39 is 60.5 Å². The van der Waals surface area contributed by atoms with Crippen molar-refractivity contribution in [3.05, 3.63) is 29.8 Å². The molecule has 1 amide bonds. The standard InChI is InChI=1S/C15H16F4N2O3.C4H2ClF3O3/c1-9-2-3-12(10-4-11(16)6-20-5-10)21(7-9)13(22)14(23)24-8-15(17,18)19;5-2(9)3(10)11-1-4(6,7)8/h4-6,9,12H,2-3,7-8H2,1H3;1H2/t9-,12+;/m0./s1. The zero-order valence-corrected chi connectivity index (χ0v) is 18.5. The number of carbonyl (C=O) groups is 4. The zero-order chi connectivity index (χ0) is 27.0. The van der Waals surface area contributed by atoms with Gasteiger partial charge in [-0.2, -0.15) is 26.3 Å². The predicted octanol–water partition coefficient (Wildman–Crippen LogP) is 3.48. The highest BCUT2D eigenvalue weighted by Crippen LogP contribution is 2.33. The molecule has 1 aliphatic heterocycles. The van der Waals surface area contributed by atoms with Crippen LogP contribution in [0.3, 0.4) is 0 Å². The van der Waals surface area contributed by atoms with Crippen LogP contribution in [0, 0.1) is 11.7 Å². The molecule has 1 aliphatic rings. The number of hydrogen-bond donors (Lipinski definition) is 0. The molecule has 2 heterocycles. The van der Waals surface area contributed by atoms with Crippen molar-refractivity contribution in [3.63, 3.8) is 0 Å². The van der Waals surface area contributed by atoms with E-state index in [9.17, 15) is 49.9 Å². The Morgan fingerprint density at radius 3 is 2.03 bits per heavy atom. The SMILES string of the molecule is C[C@H]1CC[C@H](c2cncc(F)c2)N(C(=O)C(=O)OCC(F)(F)F)C1.O=C(Cl)C(=O)OCC(F)(F)F. The second kappa shape index (κ2) is 12.7. The molecular weight excluding hydrogens is 521 g/mol. The summed E-state index contributed by atoms with van der Waals surface area (Å²) in [4.78, 5) is 48.4. The Labute approximate surface area is 198 Å². The topological polar surface area (TPSA) is 103 Å². The van der Waals surface area contributed by atoms with Gasteiger partial charge in [-0.05, 0) is 42.0 Å². The number of likely N-dealkylation sites (tertiary alicyclic amines) is 1. The number of halogens is 8. The van der Waals surface area contributed by atoms with Crippen LogP contribution in [0.4, 0.5) is 30.7 Å². The fourth-order valence-electron chi connectivity index (χ4n) is 2.86. The van der Waals surface area contributed by atoms with Crippen LogP contribution < -0.4 is 0 Å². The molecule has 0 unspecified atom stereocenters. The van der Waals surface area contributed by atoms with Gasteiger partial charge in [-0.1, -0.05) is 6.92 Å². The summed E-state index contributed by atoms with van der Waals surface area (Å²) in [5, 5.41) is -1.57. The smallest absolute Gasteiger partial charge is 0.422 e. The predicted molar refractivity (Wildman–Crippen MR) is 102 cm³/mol. The number of esters is 2. The third kappa shape index (κ3) is 11.3. The summed E-state index contributed by atoms with van der Waals surface area (Å²) >= 11 is 4.48. The molecular formula is C19H18ClF7N2O6. The molecule has 2 rings (SSSR count). The highest BCUT2D eigenvalue weighted by Gasteiger charge is 2.37. The number of amides is 1. The lowest BCUT2D eigenvalue weighted by Crippen LogP contribution is -2.45. The van der Waals surface area contributed by atoms with E-state index in [2.05, 4.69) is 26.1 Å². The van der Waals surface area contributed by atoms with Crippen molar-refractivity contribution in [1.82, 2.24) is 9.88 Å². The highest BCUT2D eigenvalue weighted by molar-refractivity contribution is 6.80. The van der Waals surface area contributed by atoms with Crippen LogP contribution in [0.25, 0.3) is 0 Å². The Bertz CT molecular complexity index is 926. The molecule has 1 aromatic heterocycles. The van der Waals surface area contributed by atoms with Crippen molar-refractivity contribution in [2.24, 2.45) is 5.92 Å². The van der Waals surface area contributed by atoms with Crippen molar-refractivity contribution in [3.8, 4) is 0 Å². The molecule has 2 atom stereocenters. The monoisotopic (exact) mass is 538 g/mol. The maximum Gasteiger partial charge on any atom is 0.422 e. The second-order valence-electron chi connectivity index (χ2n) is 7.25. The Morgan fingerprint density at radius 2 is 1.54 bits per heavy atom. The van der Waals surface area contributed by atoms with Gasteiger partial charge in [0.05, 0.1) is 12.2 Å². The van der Waals surface area contributed by atoms with E-state index in [-0.39, 0.29) is 12.5 Å². The van der Waals surface area contributed by atoms with Crippen LogP contribution in [-0.2, 0) is 28.7 Å². The Balaban J connectivity index is 0.000000471. The molecule has 196 valence electrons. The molecule has 1 fully saturated rings. The number of alkyl halides is 6. The van der Waals surface area contributed by atoms with Crippen LogP contribution in [-0.4, -0.2) is 65.1 Å². The van der Waals surface area contributed by atoms with Crippen molar-refractivity contribution in [1.29, 1.82) is 0 Å². The number of pyridine rings is 1. The molecule has 16 heteroatoms. The zero-order valence-electron chi connectivity index (χ0n) is 17.8. The summed E-state index contributed by atoms with van der Waals surface area (Å²) in [6.45, 7) is -1.61. The number of nitrogens with zero attached hydrogens (tertiary/aromatic N) is 2. The fourth-order valence-corrected chi connectivity index (χ4v) is 2.92. The average Bonchev–Trinajstić information content (AvgIpc) is 2.74. The van der Waals surface area contributed by atoms with E-state index in [0.29, 0.717) is 12.0 Å². The minimum atomic E-state index is -4.71. The van der Waals surface area contributed by atoms with E-state index in [0.717, 1.165) is 17.5 Å². The Hall–Kier alpha value is -2.97. The van der Waals surface area contributed by atoms with Gasteiger partial charge < -0.3 is 14.4 Å². The van der Waals surface area contributed by atoms with Crippen molar-refractivity contribution in [2.45, 2.75) is 38.2 Å². The first kappa shape index (κ1) is 30.1. The number of rotatable bonds is 4. The number of ether oxygens (including phenoxy) is 2. The van der Waals surface area contributed by atoms with Crippen LogP contribution >= 0.6 is 11.6 Å². The minimum Gasteiger partial charge on any atom is -0.449 e. The molecule has 0 N–H and O–H groups in total. The van der Waals surface area contributed by atoms with E-state index in [1.807, 2.05) is 6.92 Å². The van der Waals surface area contributed by atoms with Gasteiger partial charge in [-0.15, -0.1) is 0 Å². The molecule has 0 aliphatic carbocycles. The fraction of sp³-hybridized carbons (Fsp3) is 0.526. The normalized spacial score (nSPS) is 18.1. The molecule has 0 aromatic carbocycles. The minimum absolute atomic E-state index is 0.0575. The van der Waals surface area contributed by atoms with Crippen LogP contribution in [0.5, 0.6) is 0 Å². The molecule has 0 radical (unpaired) electrons. The summed E-state index contributed by atoms with van der Waals surface area (Å²) in [6.07, 6.45) is -5.81. The maximum atomic E-state index is 13.4. The third-order valence-electron chi connectivity index (χ3n) is 4.26. The maximum absolute atomic E-state index is 13.4. The van der Waals surface area contributed by atoms with Crippen LogP contribution in [0.2, 0.25) is 0 Å². The number of hydrogen-bond acceptors (Lipinski definition) is 7. The Morgan fingerprint density at radius 1 is 1.00 bits per heavy atom. The lowest BCUT2D eigenvalue weighted by atomic mass is 9.90. The average molecular weight is 539 g/mol. The van der Waals surface area contributed by atoms with E-state index in [1.165, 1.54) is 12.3 Å². The highest BCUT2D eigenvalue weighted by atomic mass is 35.5. The molecule has 0 spiro atoms. The molecule has 35 heavy (non-hydrogen) atoms. The van der Waals surface area contributed by atoms with Gasteiger partial charge in [-0.3, -0.25) is 14.6 Å². The van der Waals surface area contributed by atoms with Crippen molar-refractivity contribution >= 4 is 34.7 Å². The van der Waals surface area contributed by atoms with E-state index in [4.69, 9.17) is 0 Å². The van der Waals surface area contributed by atoms with Gasteiger partial charge in [0.2, 0.25) is 0 Å². The van der Waals surface area contributed by atoms with Crippen LogP contribution in [0.15, 0.2) is 18.5 Å². The van der Waals surface area contributed by atoms with E-state index in [1.54, 1.807) is 0 Å². The molecule has 8 nitrogen and oxygen atoms in total. The number of carbonyl (C=O) groups excluding carboxylic acids is 4. The lowest BCUT2D eigenvalue weighted by molar-refractivity contribution is -0.190. The third-order valence-corrected chi connectivity index (χ3v) is 4.41. The molecule has 0 bridgehead atoms. The van der Waals surface area contributed by atoms with Gasteiger partial charge in [-0.25, -0.2) is 14.0 Å². The lowest BCUT2D eigenvalue weighted by Gasteiger charge is -2.38. The summed E-state index contributed by atoms with van der Waals surface area (Å²) in [7, 11) is 0. The Kier molecular flexibility index (Phi) is 10.9. The van der Waals surface area contributed by atoms with Crippen LogP contribution in [0.1, 0.15) is 31.4 Å². The number of piperidine rings is 1. The van der Waals surface area contributed by atoms with Gasteiger partial charge in [0, 0.05) is 12.7 Å². The summed E-state index contributed by atoms with van der Waals surface area (Å²) in [5.74, 6) is -4.99. The number of aromatic nitrogens is 1. The molecule has 1 saturated heterocycles. The van der Waals surface area contributed by atoms with Gasteiger partial charge >= 0.3 is 35.4 Å². The molecule has 1 aromatic rings. The first-order chi connectivity index (χ1) is 16.0.